The van der Waals surface area contributed by atoms with E-state index in [1.54, 1.807) is 0 Å². The van der Waals surface area contributed by atoms with Crippen LogP contribution in [0.2, 0.25) is 15.1 Å². The van der Waals surface area contributed by atoms with Crippen molar-refractivity contribution in [2.45, 2.75) is 83.3 Å². The lowest BCUT2D eigenvalue weighted by atomic mass is 9.66. The SMILES string of the molecule is CC[C@@H](CO[Si](c1ccccc1)(c1ccccc1)C(C)(C)C)N1C(=O)[C@@](C)(C2CC2)C[C@H](c2cccc(Cl)c2)[C@H]1c1ccc(Cl)cc1. The van der Waals surface area contributed by atoms with Crippen LogP contribution in [0.3, 0.4) is 0 Å². The van der Waals surface area contributed by atoms with Crippen molar-refractivity contribution in [1.82, 2.24) is 4.90 Å². The molecule has 6 heteroatoms. The van der Waals surface area contributed by atoms with Gasteiger partial charge in [0.2, 0.25) is 5.91 Å². The van der Waals surface area contributed by atoms with Crippen LogP contribution in [0.25, 0.3) is 0 Å². The van der Waals surface area contributed by atoms with Gasteiger partial charge in [-0.05, 0) is 82.4 Å². The summed E-state index contributed by atoms with van der Waals surface area (Å²) >= 11 is 13.0. The van der Waals surface area contributed by atoms with Crippen LogP contribution in [0, 0.1) is 11.3 Å². The Balaban J connectivity index is 1.48. The zero-order valence-electron chi connectivity index (χ0n) is 28.3. The van der Waals surface area contributed by atoms with E-state index in [-0.39, 0.29) is 28.9 Å². The van der Waals surface area contributed by atoms with E-state index in [0.717, 1.165) is 36.3 Å². The van der Waals surface area contributed by atoms with Crippen molar-refractivity contribution in [3.63, 3.8) is 0 Å². The fourth-order valence-corrected chi connectivity index (χ4v) is 13.1. The Morgan fingerprint density at radius 1 is 0.830 bits per heavy atom. The number of likely N-dealkylation sites (tertiary alicyclic amines) is 1. The summed E-state index contributed by atoms with van der Waals surface area (Å²) in [5.41, 5.74) is 1.81. The summed E-state index contributed by atoms with van der Waals surface area (Å²) in [6, 6.07) is 37.6. The smallest absolute Gasteiger partial charge is 0.261 e. The maximum Gasteiger partial charge on any atom is 0.261 e. The lowest BCUT2D eigenvalue weighted by molar-refractivity contribution is -0.157. The van der Waals surface area contributed by atoms with E-state index in [9.17, 15) is 0 Å². The molecule has 1 aliphatic heterocycles. The number of hydrogen-bond donors (Lipinski definition) is 0. The Labute approximate surface area is 292 Å². The number of carbonyl (C=O) groups is 1. The second-order valence-corrected chi connectivity index (χ2v) is 20.0. The van der Waals surface area contributed by atoms with E-state index < -0.39 is 13.7 Å². The largest absolute Gasteiger partial charge is 0.405 e. The normalized spacial score (nSPS) is 22.7. The van der Waals surface area contributed by atoms with Crippen LogP contribution in [0.1, 0.15) is 83.4 Å². The molecule has 4 aromatic carbocycles. The summed E-state index contributed by atoms with van der Waals surface area (Å²) in [5, 5.41) is 3.73. The third-order valence-corrected chi connectivity index (χ3v) is 16.3. The lowest BCUT2D eigenvalue weighted by Gasteiger charge is -2.53. The van der Waals surface area contributed by atoms with Gasteiger partial charge in [-0.1, -0.05) is 143 Å². The number of halogens is 2. The summed E-state index contributed by atoms with van der Waals surface area (Å²) in [4.78, 5) is 17.3. The highest BCUT2D eigenvalue weighted by atomic mass is 35.5. The Hall–Kier alpha value is -2.89. The van der Waals surface area contributed by atoms with Crippen LogP contribution in [0.4, 0.5) is 0 Å². The highest BCUT2D eigenvalue weighted by Gasteiger charge is 2.58. The van der Waals surface area contributed by atoms with Crippen molar-refractivity contribution < 1.29 is 9.22 Å². The van der Waals surface area contributed by atoms with Gasteiger partial charge >= 0.3 is 0 Å². The van der Waals surface area contributed by atoms with Crippen molar-refractivity contribution >= 4 is 47.8 Å². The first-order chi connectivity index (χ1) is 22.5. The molecule has 4 aromatic rings. The average molecular weight is 685 g/mol. The highest BCUT2D eigenvalue weighted by Crippen LogP contribution is 2.58. The molecule has 0 aromatic heterocycles. The summed E-state index contributed by atoms with van der Waals surface area (Å²) in [6.07, 6.45) is 3.75. The zero-order valence-corrected chi connectivity index (χ0v) is 30.8. The Morgan fingerprint density at radius 2 is 1.43 bits per heavy atom. The Kier molecular flexibility index (Phi) is 9.80. The summed E-state index contributed by atoms with van der Waals surface area (Å²) in [5.74, 6) is 0.705. The molecule has 1 heterocycles. The monoisotopic (exact) mass is 683 g/mol. The van der Waals surface area contributed by atoms with E-state index >= 15 is 4.79 Å². The topological polar surface area (TPSA) is 29.5 Å². The molecule has 0 bridgehead atoms. The van der Waals surface area contributed by atoms with Gasteiger partial charge in [0.25, 0.3) is 8.32 Å². The first kappa shape index (κ1) is 34.0. The second-order valence-electron chi connectivity index (χ2n) is 14.8. The molecule has 0 spiro atoms. The molecule has 2 fully saturated rings. The molecule has 1 amide bonds. The number of carbonyl (C=O) groups excluding carboxylic acids is 1. The van der Waals surface area contributed by atoms with Crippen LogP contribution < -0.4 is 10.4 Å². The standard InChI is InChI=1S/C41H47Cl2NO2Si/c1-6-34(28-46-47(40(2,3)4,35-16-9-7-10-17-35)36-18-11-8-12-19-36)44-38(29-20-24-32(42)25-21-29)37(30-14-13-15-33(43)26-30)27-41(5,39(44)45)31-22-23-31/h7-21,24-26,31,34,37-38H,6,22-23,27-28H2,1-5H3/t34-,37+,38+,41+/m0/s1. The minimum absolute atomic E-state index is 0.0695. The van der Waals surface area contributed by atoms with E-state index in [2.05, 4.69) is 124 Å². The van der Waals surface area contributed by atoms with Gasteiger partial charge in [0.1, 0.15) is 0 Å². The van der Waals surface area contributed by atoms with Crippen LogP contribution in [0.5, 0.6) is 0 Å². The minimum Gasteiger partial charge on any atom is -0.405 e. The molecular formula is C41H47Cl2NO2Si. The number of hydrogen-bond acceptors (Lipinski definition) is 2. The van der Waals surface area contributed by atoms with Gasteiger partial charge in [0, 0.05) is 16.0 Å². The summed E-state index contributed by atoms with van der Waals surface area (Å²) < 4.78 is 7.53. The van der Waals surface area contributed by atoms with Gasteiger partial charge in [-0.25, -0.2) is 0 Å². The first-order valence-corrected chi connectivity index (χ1v) is 19.7. The van der Waals surface area contributed by atoms with Crippen molar-refractivity contribution in [3.8, 4) is 0 Å². The van der Waals surface area contributed by atoms with Crippen molar-refractivity contribution in [1.29, 1.82) is 0 Å². The van der Waals surface area contributed by atoms with Gasteiger partial charge in [0.15, 0.2) is 0 Å². The maximum absolute atomic E-state index is 15.1. The molecule has 1 aliphatic carbocycles. The van der Waals surface area contributed by atoms with E-state index in [1.165, 1.54) is 15.9 Å². The molecule has 47 heavy (non-hydrogen) atoms. The molecule has 4 atom stereocenters. The first-order valence-electron chi connectivity index (χ1n) is 17.1. The van der Waals surface area contributed by atoms with Crippen molar-refractivity contribution in [2.24, 2.45) is 11.3 Å². The third kappa shape index (κ3) is 6.47. The molecule has 0 N–H and O–H groups in total. The summed E-state index contributed by atoms with van der Waals surface area (Å²) in [6.45, 7) is 11.8. The fraction of sp³-hybridized carbons (Fsp3) is 0.390. The average Bonchev–Trinajstić information content (AvgIpc) is 3.92. The molecule has 0 unspecified atom stereocenters. The van der Waals surface area contributed by atoms with Gasteiger partial charge in [-0.2, -0.15) is 0 Å². The van der Waals surface area contributed by atoms with Crippen LogP contribution in [-0.4, -0.2) is 31.8 Å². The molecule has 1 saturated carbocycles. The Bertz CT molecular complexity index is 1630. The van der Waals surface area contributed by atoms with Gasteiger partial charge in [-0.3, -0.25) is 4.79 Å². The molecule has 2 aliphatic rings. The molecule has 6 rings (SSSR count). The number of benzene rings is 4. The molecule has 246 valence electrons. The molecule has 0 radical (unpaired) electrons. The quantitative estimate of drug-likeness (QED) is 0.156. The third-order valence-electron chi connectivity index (χ3n) is 10.8. The van der Waals surface area contributed by atoms with Crippen LogP contribution in [0.15, 0.2) is 109 Å². The fourth-order valence-electron chi connectivity index (χ4n) is 8.19. The van der Waals surface area contributed by atoms with Crippen molar-refractivity contribution in [2.75, 3.05) is 6.61 Å². The number of rotatable bonds is 10. The minimum atomic E-state index is -2.83. The lowest BCUT2D eigenvalue weighted by Crippen LogP contribution is -2.68. The predicted molar refractivity (Wildman–Crippen MR) is 198 cm³/mol. The zero-order chi connectivity index (χ0) is 33.4. The van der Waals surface area contributed by atoms with Gasteiger partial charge in [0.05, 0.1) is 24.1 Å². The van der Waals surface area contributed by atoms with Crippen LogP contribution in [-0.2, 0) is 9.22 Å². The number of nitrogens with zero attached hydrogens (tertiary/aromatic N) is 1. The summed E-state index contributed by atoms with van der Waals surface area (Å²) in [7, 11) is -2.83. The van der Waals surface area contributed by atoms with Crippen LogP contribution >= 0.6 is 23.2 Å². The van der Waals surface area contributed by atoms with E-state index in [0.29, 0.717) is 17.5 Å². The van der Waals surface area contributed by atoms with Gasteiger partial charge in [-0.15, -0.1) is 0 Å². The van der Waals surface area contributed by atoms with Gasteiger partial charge < -0.3 is 9.33 Å². The van der Waals surface area contributed by atoms with E-state index in [1.807, 2.05) is 24.3 Å². The highest BCUT2D eigenvalue weighted by molar-refractivity contribution is 6.99. The maximum atomic E-state index is 15.1. The molecule has 3 nitrogen and oxygen atoms in total. The second kappa shape index (κ2) is 13.5. The number of piperidine rings is 1. The predicted octanol–water partition coefficient (Wildman–Crippen LogP) is 9.82. The Morgan fingerprint density at radius 3 is 1.94 bits per heavy atom. The molecule has 1 saturated heterocycles. The van der Waals surface area contributed by atoms with E-state index in [4.69, 9.17) is 27.6 Å². The molecular weight excluding hydrogens is 637 g/mol. The van der Waals surface area contributed by atoms with Crippen molar-refractivity contribution in [3.05, 3.63) is 130 Å². The number of amides is 1.